The number of hydrogen-bond acceptors (Lipinski definition) is 3. The van der Waals surface area contributed by atoms with E-state index in [1.165, 1.54) is 24.3 Å². The van der Waals surface area contributed by atoms with Gasteiger partial charge in [0, 0.05) is 7.05 Å². The van der Waals surface area contributed by atoms with Crippen molar-refractivity contribution < 1.29 is 4.84 Å². The Labute approximate surface area is 66.7 Å². The second-order valence-corrected chi connectivity index (χ2v) is 3.75. The van der Waals surface area contributed by atoms with Crippen LogP contribution < -0.4 is 5.48 Å². The summed E-state index contributed by atoms with van der Waals surface area (Å²) in [4.78, 5) is 5.11. The van der Waals surface area contributed by atoms with Gasteiger partial charge in [0.1, 0.15) is 0 Å². The quantitative estimate of drug-likeness (QED) is 0.630. The first kappa shape index (κ1) is 8.37. The van der Waals surface area contributed by atoms with Crippen LogP contribution >= 0.6 is 11.8 Å². The number of thioether (sulfide) groups is 1. The van der Waals surface area contributed by atoms with Crippen LogP contribution in [-0.2, 0) is 4.84 Å². The lowest BCUT2D eigenvalue weighted by molar-refractivity contribution is 0.0341. The molecule has 1 saturated heterocycles. The Hall–Kier alpha value is 0.270. The van der Waals surface area contributed by atoms with Gasteiger partial charge in [0.05, 0.1) is 6.61 Å². The van der Waals surface area contributed by atoms with E-state index in [-0.39, 0.29) is 0 Å². The first-order valence-electron chi connectivity index (χ1n) is 3.79. The maximum atomic E-state index is 5.11. The zero-order valence-electron chi connectivity index (χ0n) is 6.43. The Balaban J connectivity index is 2.02. The molecule has 0 aliphatic carbocycles. The van der Waals surface area contributed by atoms with E-state index in [1.54, 1.807) is 0 Å². The molecule has 0 saturated carbocycles. The Morgan fingerprint density at radius 1 is 1.70 bits per heavy atom. The largest absolute Gasteiger partial charge is 0.302 e. The highest BCUT2D eigenvalue weighted by Gasteiger charge is 2.12. The van der Waals surface area contributed by atoms with Crippen molar-refractivity contribution >= 4 is 11.8 Å². The van der Waals surface area contributed by atoms with Crippen molar-refractivity contribution in [3.8, 4) is 0 Å². The maximum Gasteiger partial charge on any atom is 0.0718 e. The summed E-state index contributed by atoms with van der Waals surface area (Å²) in [6.45, 7) is 0.878. The van der Waals surface area contributed by atoms with Gasteiger partial charge in [-0.1, -0.05) is 0 Å². The van der Waals surface area contributed by atoms with E-state index < -0.39 is 0 Å². The normalized spacial score (nSPS) is 26.7. The minimum absolute atomic E-state index is 0.784. The molecule has 1 fully saturated rings. The van der Waals surface area contributed by atoms with E-state index in [0.717, 1.165) is 12.5 Å². The van der Waals surface area contributed by atoms with Crippen LogP contribution in [0.15, 0.2) is 0 Å². The van der Waals surface area contributed by atoms with E-state index >= 15 is 0 Å². The molecule has 60 valence electrons. The van der Waals surface area contributed by atoms with Gasteiger partial charge in [0.15, 0.2) is 0 Å². The number of rotatable bonds is 3. The lowest BCUT2D eigenvalue weighted by Gasteiger charge is -2.20. The van der Waals surface area contributed by atoms with Crippen molar-refractivity contribution in [2.45, 2.75) is 12.8 Å². The molecule has 1 unspecified atom stereocenters. The first-order valence-corrected chi connectivity index (χ1v) is 4.95. The molecule has 0 amide bonds. The molecule has 0 bridgehead atoms. The second kappa shape index (κ2) is 4.99. The molecule has 3 heteroatoms. The Morgan fingerprint density at radius 3 is 3.20 bits per heavy atom. The number of nitrogens with one attached hydrogen (secondary N) is 1. The molecule has 0 radical (unpaired) electrons. The minimum Gasteiger partial charge on any atom is -0.302 e. The van der Waals surface area contributed by atoms with Crippen LogP contribution in [0.4, 0.5) is 0 Å². The average Bonchev–Trinajstić information content (AvgIpc) is 2.03. The monoisotopic (exact) mass is 161 g/mol. The molecule has 0 aromatic carbocycles. The number of hydrogen-bond donors (Lipinski definition) is 1. The molecule has 1 heterocycles. The number of hydroxylamine groups is 1. The zero-order valence-corrected chi connectivity index (χ0v) is 7.25. The molecule has 0 aromatic heterocycles. The van der Waals surface area contributed by atoms with Crippen LogP contribution in [0.25, 0.3) is 0 Å². The summed E-state index contributed by atoms with van der Waals surface area (Å²) in [5.74, 6) is 3.41. The van der Waals surface area contributed by atoms with E-state index in [0.29, 0.717) is 0 Å². The third-order valence-electron chi connectivity index (χ3n) is 1.72. The predicted molar refractivity (Wildman–Crippen MR) is 45.1 cm³/mol. The first-order chi connectivity index (χ1) is 4.93. The van der Waals surface area contributed by atoms with Crippen molar-refractivity contribution in [3.05, 3.63) is 0 Å². The van der Waals surface area contributed by atoms with E-state index in [1.807, 2.05) is 18.8 Å². The molecule has 1 atom stereocenters. The highest BCUT2D eigenvalue weighted by atomic mass is 32.2. The Kier molecular flexibility index (Phi) is 4.18. The van der Waals surface area contributed by atoms with Gasteiger partial charge >= 0.3 is 0 Å². The molecule has 0 aromatic rings. The standard InChI is InChI=1S/C7H15NOS/c1-8-9-5-7-3-2-4-10-6-7/h7-8H,2-6H2,1H3. The van der Waals surface area contributed by atoms with E-state index in [4.69, 9.17) is 4.84 Å². The second-order valence-electron chi connectivity index (χ2n) is 2.60. The van der Waals surface area contributed by atoms with Crippen molar-refractivity contribution in [1.29, 1.82) is 0 Å². The molecule has 1 rings (SSSR count). The smallest absolute Gasteiger partial charge is 0.0718 e. The predicted octanol–water partition coefficient (Wildman–Crippen LogP) is 1.28. The topological polar surface area (TPSA) is 21.3 Å². The van der Waals surface area contributed by atoms with E-state index in [2.05, 4.69) is 5.48 Å². The van der Waals surface area contributed by atoms with Crippen LogP contribution in [-0.4, -0.2) is 25.2 Å². The fourth-order valence-corrected chi connectivity index (χ4v) is 2.27. The van der Waals surface area contributed by atoms with Gasteiger partial charge in [-0.2, -0.15) is 11.8 Å². The van der Waals surface area contributed by atoms with Gasteiger partial charge in [-0.3, -0.25) is 0 Å². The van der Waals surface area contributed by atoms with Gasteiger partial charge in [0.2, 0.25) is 0 Å². The highest BCUT2D eigenvalue weighted by molar-refractivity contribution is 7.99. The molecule has 1 aliphatic rings. The maximum absolute atomic E-state index is 5.11. The molecule has 1 N–H and O–H groups in total. The van der Waals surface area contributed by atoms with Gasteiger partial charge in [-0.15, -0.1) is 0 Å². The van der Waals surface area contributed by atoms with E-state index in [9.17, 15) is 0 Å². The minimum atomic E-state index is 0.784. The molecular weight excluding hydrogens is 146 g/mol. The van der Waals surface area contributed by atoms with Crippen LogP contribution in [0.5, 0.6) is 0 Å². The summed E-state index contributed by atoms with van der Waals surface area (Å²) in [6, 6.07) is 0. The van der Waals surface area contributed by atoms with Crippen LogP contribution in [0.3, 0.4) is 0 Å². The zero-order chi connectivity index (χ0) is 7.23. The van der Waals surface area contributed by atoms with Crippen molar-refractivity contribution in [1.82, 2.24) is 5.48 Å². The van der Waals surface area contributed by atoms with Gasteiger partial charge in [0.25, 0.3) is 0 Å². The molecule has 1 aliphatic heterocycles. The fourth-order valence-electron chi connectivity index (χ4n) is 1.14. The lowest BCUT2D eigenvalue weighted by atomic mass is 10.1. The van der Waals surface area contributed by atoms with Crippen LogP contribution in [0, 0.1) is 5.92 Å². The van der Waals surface area contributed by atoms with Crippen LogP contribution in [0.2, 0.25) is 0 Å². The summed E-state index contributed by atoms with van der Waals surface area (Å²) in [6.07, 6.45) is 2.71. The van der Waals surface area contributed by atoms with Crippen molar-refractivity contribution in [2.75, 3.05) is 25.2 Å². The highest BCUT2D eigenvalue weighted by Crippen LogP contribution is 2.22. The van der Waals surface area contributed by atoms with Crippen molar-refractivity contribution in [3.63, 3.8) is 0 Å². The van der Waals surface area contributed by atoms with Gasteiger partial charge in [-0.05, 0) is 30.3 Å². The lowest BCUT2D eigenvalue weighted by Crippen LogP contribution is -2.20. The molecule has 10 heavy (non-hydrogen) atoms. The summed E-state index contributed by atoms with van der Waals surface area (Å²) in [5.41, 5.74) is 2.71. The third kappa shape index (κ3) is 2.90. The average molecular weight is 161 g/mol. The molecular formula is C7H15NOS. The SMILES string of the molecule is CNOCC1CCCSC1. The van der Waals surface area contributed by atoms with Gasteiger partial charge < -0.3 is 4.84 Å². The molecule has 0 spiro atoms. The third-order valence-corrected chi connectivity index (χ3v) is 3.00. The molecule has 2 nitrogen and oxygen atoms in total. The summed E-state index contributed by atoms with van der Waals surface area (Å²) in [5, 5.41) is 0. The Bertz CT molecular complexity index is 83.7. The Morgan fingerprint density at radius 2 is 2.60 bits per heavy atom. The summed E-state index contributed by atoms with van der Waals surface area (Å²) in [7, 11) is 1.82. The van der Waals surface area contributed by atoms with Crippen molar-refractivity contribution in [2.24, 2.45) is 5.92 Å². The summed E-state index contributed by atoms with van der Waals surface area (Å²) < 4.78 is 0. The van der Waals surface area contributed by atoms with Crippen LogP contribution in [0.1, 0.15) is 12.8 Å². The summed E-state index contributed by atoms with van der Waals surface area (Å²) >= 11 is 2.05. The van der Waals surface area contributed by atoms with Gasteiger partial charge in [-0.25, -0.2) is 5.48 Å². The fraction of sp³-hybridized carbons (Fsp3) is 1.00.